The van der Waals surface area contributed by atoms with E-state index in [0.29, 0.717) is 12.2 Å². The molecule has 0 saturated carbocycles. The van der Waals surface area contributed by atoms with E-state index in [1.165, 1.54) is 6.07 Å². The molecule has 0 radical (unpaired) electrons. The zero-order valence-corrected chi connectivity index (χ0v) is 11.7. The first-order valence-electron chi connectivity index (χ1n) is 5.91. The van der Waals surface area contributed by atoms with Crippen LogP contribution in [0.2, 0.25) is 0 Å². The van der Waals surface area contributed by atoms with Crippen molar-refractivity contribution >= 4 is 0 Å². The Bertz CT molecular complexity index is 490. The zero-order valence-electron chi connectivity index (χ0n) is 11.7. The first kappa shape index (κ1) is 14.7. The molecule has 0 saturated heterocycles. The first-order valence-corrected chi connectivity index (χ1v) is 5.91. The van der Waals surface area contributed by atoms with Gasteiger partial charge in [-0.3, -0.25) is 4.79 Å². The summed E-state index contributed by atoms with van der Waals surface area (Å²) in [4.78, 5) is 13.5. The molecule has 0 aliphatic rings. The van der Waals surface area contributed by atoms with Gasteiger partial charge >= 0.3 is 0 Å². The third-order valence-corrected chi connectivity index (χ3v) is 2.93. The SMILES string of the molecule is Cc1cc(=O)c(O)c(CN(C)C)n1C(C)(C)CO. The van der Waals surface area contributed by atoms with Gasteiger partial charge in [0.15, 0.2) is 5.75 Å². The zero-order chi connectivity index (χ0) is 14.1. The molecule has 0 atom stereocenters. The number of aryl methyl sites for hydroxylation is 1. The fraction of sp³-hybridized carbons (Fsp3) is 0.615. The number of hydrogen-bond acceptors (Lipinski definition) is 4. The van der Waals surface area contributed by atoms with Crippen LogP contribution in [0.4, 0.5) is 0 Å². The van der Waals surface area contributed by atoms with Crippen LogP contribution in [0.3, 0.4) is 0 Å². The van der Waals surface area contributed by atoms with E-state index in [1.54, 1.807) is 6.92 Å². The van der Waals surface area contributed by atoms with E-state index >= 15 is 0 Å². The smallest absolute Gasteiger partial charge is 0.223 e. The maximum Gasteiger partial charge on any atom is 0.223 e. The monoisotopic (exact) mass is 254 g/mol. The van der Waals surface area contributed by atoms with Gasteiger partial charge in [-0.05, 0) is 34.9 Å². The standard InChI is InChI=1S/C13H22N2O3/c1-9-6-11(17)12(18)10(7-14(4)5)15(9)13(2,3)8-16/h6,16,18H,7-8H2,1-5H3. The molecule has 0 amide bonds. The van der Waals surface area contributed by atoms with Crippen molar-refractivity contribution in [2.45, 2.75) is 32.9 Å². The summed E-state index contributed by atoms with van der Waals surface area (Å²) in [5, 5.41) is 19.5. The minimum Gasteiger partial charge on any atom is -0.503 e. The van der Waals surface area contributed by atoms with E-state index in [2.05, 4.69) is 0 Å². The number of aromatic nitrogens is 1. The molecule has 0 aromatic carbocycles. The molecule has 5 heteroatoms. The summed E-state index contributed by atoms with van der Waals surface area (Å²) in [6.07, 6.45) is 0. The van der Waals surface area contributed by atoms with E-state index in [0.717, 1.165) is 5.69 Å². The first-order chi connectivity index (χ1) is 8.20. The normalized spacial score (nSPS) is 12.2. The van der Waals surface area contributed by atoms with Crippen molar-refractivity contribution in [2.24, 2.45) is 0 Å². The van der Waals surface area contributed by atoms with E-state index < -0.39 is 5.54 Å². The number of hydrogen-bond donors (Lipinski definition) is 2. The second-order valence-corrected chi connectivity index (χ2v) is 5.49. The highest BCUT2D eigenvalue weighted by atomic mass is 16.3. The number of aromatic hydroxyl groups is 1. The van der Waals surface area contributed by atoms with E-state index in [1.807, 2.05) is 37.4 Å². The van der Waals surface area contributed by atoms with Gasteiger partial charge in [-0.1, -0.05) is 0 Å². The van der Waals surface area contributed by atoms with Gasteiger partial charge in [0, 0.05) is 18.3 Å². The molecule has 0 bridgehead atoms. The Hall–Kier alpha value is -1.33. The van der Waals surface area contributed by atoms with Gasteiger partial charge in [0.05, 0.1) is 17.8 Å². The highest BCUT2D eigenvalue weighted by Gasteiger charge is 2.25. The molecule has 102 valence electrons. The lowest BCUT2D eigenvalue weighted by Crippen LogP contribution is -2.36. The average Bonchev–Trinajstić information content (AvgIpc) is 2.24. The lowest BCUT2D eigenvalue weighted by Gasteiger charge is -2.32. The maximum absolute atomic E-state index is 11.7. The maximum atomic E-state index is 11.7. The summed E-state index contributed by atoms with van der Waals surface area (Å²) in [5.41, 5.74) is 0.313. The van der Waals surface area contributed by atoms with Crippen LogP contribution in [0.15, 0.2) is 10.9 Å². The predicted octanol–water partition coefficient (Wildman–Crippen LogP) is 0.651. The largest absolute Gasteiger partial charge is 0.503 e. The molecule has 0 unspecified atom stereocenters. The second-order valence-electron chi connectivity index (χ2n) is 5.49. The Morgan fingerprint density at radius 3 is 2.39 bits per heavy atom. The summed E-state index contributed by atoms with van der Waals surface area (Å²) in [7, 11) is 3.73. The molecule has 2 N–H and O–H groups in total. The quantitative estimate of drug-likeness (QED) is 0.828. The summed E-state index contributed by atoms with van der Waals surface area (Å²) >= 11 is 0. The minimum absolute atomic E-state index is 0.0728. The third-order valence-electron chi connectivity index (χ3n) is 2.93. The fourth-order valence-corrected chi connectivity index (χ4v) is 2.14. The summed E-state index contributed by atoms with van der Waals surface area (Å²) in [6.45, 7) is 5.90. The summed E-state index contributed by atoms with van der Waals surface area (Å²) in [5.74, 6) is -0.240. The fourth-order valence-electron chi connectivity index (χ4n) is 2.14. The number of nitrogens with zero attached hydrogens (tertiary/aromatic N) is 2. The van der Waals surface area contributed by atoms with Crippen molar-refractivity contribution < 1.29 is 10.2 Å². The van der Waals surface area contributed by atoms with Crippen LogP contribution in [-0.2, 0) is 12.1 Å². The number of rotatable bonds is 4. The Labute approximate surface area is 107 Å². The molecular weight excluding hydrogens is 232 g/mol. The van der Waals surface area contributed by atoms with Gasteiger partial charge in [0.2, 0.25) is 5.43 Å². The highest BCUT2D eigenvalue weighted by molar-refractivity contribution is 5.31. The van der Waals surface area contributed by atoms with Gasteiger partial charge in [-0.2, -0.15) is 0 Å². The van der Waals surface area contributed by atoms with Crippen LogP contribution in [0.1, 0.15) is 25.2 Å². The van der Waals surface area contributed by atoms with Crippen molar-refractivity contribution in [1.82, 2.24) is 9.47 Å². The van der Waals surface area contributed by atoms with Gasteiger partial charge < -0.3 is 19.7 Å². The molecule has 1 heterocycles. The topological polar surface area (TPSA) is 65.7 Å². The van der Waals surface area contributed by atoms with Crippen LogP contribution >= 0.6 is 0 Å². The average molecular weight is 254 g/mol. The van der Waals surface area contributed by atoms with Crippen molar-refractivity contribution in [1.29, 1.82) is 0 Å². The molecular formula is C13H22N2O3. The van der Waals surface area contributed by atoms with E-state index in [9.17, 15) is 15.0 Å². The Balaban J connectivity index is 3.57. The van der Waals surface area contributed by atoms with Crippen molar-refractivity contribution in [3.63, 3.8) is 0 Å². The predicted molar refractivity (Wildman–Crippen MR) is 70.9 cm³/mol. The Morgan fingerprint density at radius 1 is 1.39 bits per heavy atom. The van der Waals surface area contributed by atoms with Crippen molar-refractivity contribution in [3.8, 4) is 5.75 Å². The van der Waals surface area contributed by atoms with Crippen LogP contribution in [0.25, 0.3) is 0 Å². The number of aliphatic hydroxyl groups is 1. The second kappa shape index (κ2) is 5.12. The molecule has 1 aromatic rings. The van der Waals surface area contributed by atoms with Crippen molar-refractivity contribution in [2.75, 3.05) is 20.7 Å². The van der Waals surface area contributed by atoms with Gasteiger partial charge in [-0.15, -0.1) is 0 Å². The van der Waals surface area contributed by atoms with Gasteiger partial charge in [0.1, 0.15) is 0 Å². The number of pyridine rings is 1. The highest BCUT2D eigenvalue weighted by Crippen LogP contribution is 2.24. The molecule has 1 aromatic heterocycles. The van der Waals surface area contributed by atoms with Crippen LogP contribution < -0.4 is 5.43 Å². The van der Waals surface area contributed by atoms with Crippen LogP contribution in [-0.4, -0.2) is 40.4 Å². The lowest BCUT2D eigenvalue weighted by atomic mass is 10.0. The van der Waals surface area contributed by atoms with Crippen molar-refractivity contribution in [3.05, 3.63) is 27.7 Å². The Morgan fingerprint density at radius 2 is 1.94 bits per heavy atom. The van der Waals surface area contributed by atoms with Crippen LogP contribution in [0.5, 0.6) is 5.75 Å². The van der Waals surface area contributed by atoms with Gasteiger partial charge in [-0.25, -0.2) is 0 Å². The Kier molecular flexibility index (Phi) is 4.19. The molecule has 1 rings (SSSR count). The number of aliphatic hydroxyl groups excluding tert-OH is 1. The van der Waals surface area contributed by atoms with E-state index in [-0.39, 0.29) is 17.8 Å². The molecule has 5 nitrogen and oxygen atoms in total. The molecule has 0 spiro atoms. The van der Waals surface area contributed by atoms with Crippen LogP contribution in [0, 0.1) is 6.92 Å². The lowest BCUT2D eigenvalue weighted by molar-refractivity contribution is 0.154. The molecule has 18 heavy (non-hydrogen) atoms. The minimum atomic E-state index is -0.569. The summed E-state index contributed by atoms with van der Waals surface area (Å²) in [6, 6.07) is 1.39. The van der Waals surface area contributed by atoms with Gasteiger partial charge in [0.25, 0.3) is 0 Å². The molecule has 0 fully saturated rings. The molecule has 0 aliphatic heterocycles. The molecule has 0 aliphatic carbocycles. The summed E-state index contributed by atoms with van der Waals surface area (Å²) < 4.78 is 1.82. The third kappa shape index (κ3) is 2.73. The van der Waals surface area contributed by atoms with E-state index in [4.69, 9.17) is 0 Å².